The zero-order chi connectivity index (χ0) is 8.10. The molecule has 0 aromatic heterocycles. The Bertz CT molecular complexity index is 98.3. The molecule has 1 rings (SSSR count). The van der Waals surface area contributed by atoms with Crippen LogP contribution in [-0.2, 0) is 9.47 Å². The van der Waals surface area contributed by atoms with Crippen LogP contribution in [0.5, 0.6) is 0 Å². The standard InChI is InChI=1S/C8H18O2Si/c1-9-8(10-2)11-7-5-3-4-6-7/h7-8H,3-6,11H2,1-2H3. The van der Waals surface area contributed by atoms with Gasteiger partial charge in [0.05, 0.1) is 9.52 Å². The molecule has 66 valence electrons. The van der Waals surface area contributed by atoms with Gasteiger partial charge in [-0.2, -0.15) is 0 Å². The highest BCUT2D eigenvalue weighted by molar-refractivity contribution is 6.38. The molecule has 0 saturated heterocycles. The number of ether oxygens (including phenoxy) is 2. The van der Waals surface area contributed by atoms with Gasteiger partial charge in [-0.05, 0) is 5.54 Å². The summed E-state index contributed by atoms with van der Waals surface area (Å²) in [7, 11) is 3.35. The van der Waals surface area contributed by atoms with Crippen molar-refractivity contribution < 1.29 is 9.47 Å². The molecule has 1 fully saturated rings. The Kier molecular flexibility index (Phi) is 4.11. The molecule has 0 aromatic carbocycles. The first-order chi connectivity index (χ1) is 5.36. The van der Waals surface area contributed by atoms with E-state index in [-0.39, 0.29) is 15.4 Å². The number of rotatable bonds is 4. The van der Waals surface area contributed by atoms with Gasteiger partial charge in [0.25, 0.3) is 0 Å². The molecule has 0 atom stereocenters. The first-order valence-corrected chi connectivity index (χ1v) is 6.05. The van der Waals surface area contributed by atoms with Gasteiger partial charge < -0.3 is 9.47 Å². The van der Waals surface area contributed by atoms with E-state index in [1.54, 1.807) is 14.2 Å². The topological polar surface area (TPSA) is 18.5 Å². The van der Waals surface area contributed by atoms with Gasteiger partial charge in [-0.15, -0.1) is 0 Å². The Labute approximate surface area is 71.1 Å². The number of methoxy groups -OCH3 is 2. The highest BCUT2D eigenvalue weighted by Crippen LogP contribution is 2.29. The zero-order valence-electron chi connectivity index (χ0n) is 7.51. The third-order valence-corrected chi connectivity index (χ3v) is 5.06. The van der Waals surface area contributed by atoms with Gasteiger partial charge in [-0.3, -0.25) is 0 Å². The van der Waals surface area contributed by atoms with E-state index in [9.17, 15) is 0 Å². The lowest BCUT2D eigenvalue weighted by Crippen LogP contribution is -2.24. The van der Waals surface area contributed by atoms with Crippen molar-refractivity contribution in [2.45, 2.75) is 37.1 Å². The van der Waals surface area contributed by atoms with Crippen LogP contribution in [0.3, 0.4) is 0 Å². The maximum Gasteiger partial charge on any atom is 0.134 e. The average molecular weight is 174 g/mol. The van der Waals surface area contributed by atoms with Gasteiger partial charge in [0, 0.05) is 14.2 Å². The van der Waals surface area contributed by atoms with Crippen LogP contribution in [0.4, 0.5) is 0 Å². The van der Waals surface area contributed by atoms with Gasteiger partial charge in [0.2, 0.25) is 0 Å². The predicted molar refractivity (Wildman–Crippen MR) is 48.6 cm³/mol. The summed E-state index contributed by atoms with van der Waals surface area (Å²) in [6, 6.07) is 0. The highest BCUT2D eigenvalue weighted by Gasteiger charge is 2.20. The van der Waals surface area contributed by atoms with E-state index in [1.807, 2.05) is 0 Å². The van der Waals surface area contributed by atoms with Crippen LogP contribution in [0.25, 0.3) is 0 Å². The lowest BCUT2D eigenvalue weighted by Gasteiger charge is -2.16. The average Bonchev–Trinajstić information content (AvgIpc) is 2.52. The Morgan fingerprint density at radius 2 is 1.73 bits per heavy atom. The fraction of sp³-hybridized carbons (Fsp3) is 1.00. The van der Waals surface area contributed by atoms with E-state index in [4.69, 9.17) is 9.47 Å². The van der Waals surface area contributed by atoms with E-state index in [1.165, 1.54) is 25.7 Å². The minimum absolute atomic E-state index is 0.143. The highest BCUT2D eigenvalue weighted by atomic mass is 28.2. The molecule has 0 spiro atoms. The minimum atomic E-state index is -0.143. The van der Waals surface area contributed by atoms with Crippen molar-refractivity contribution in [3.63, 3.8) is 0 Å². The quantitative estimate of drug-likeness (QED) is 0.469. The maximum absolute atomic E-state index is 5.20. The van der Waals surface area contributed by atoms with Gasteiger partial charge in [-0.1, -0.05) is 25.7 Å². The molecule has 0 radical (unpaired) electrons. The second-order valence-corrected chi connectivity index (χ2v) is 5.58. The van der Waals surface area contributed by atoms with Gasteiger partial charge >= 0.3 is 0 Å². The molecule has 2 nitrogen and oxygen atoms in total. The molecule has 0 aliphatic heterocycles. The van der Waals surface area contributed by atoms with E-state index in [0.717, 1.165) is 5.54 Å². The minimum Gasteiger partial charge on any atom is -0.360 e. The van der Waals surface area contributed by atoms with Crippen molar-refractivity contribution in [2.24, 2.45) is 0 Å². The Morgan fingerprint density at radius 3 is 2.18 bits per heavy atom. The predicted octanol–water partition coefficient (Wildman–Crippen LogP) is 1.09. The normalized spacial score (nSPS) is 21.0. The summed E-state index contributed by atoms with van der Waals surface area (Å²) in [5.41, 5.74) is 0.986. The summed E-state index contributed by atoms with van der Waals surface area (Å²) in [5.74, 6) is 0.165. The Hall–Kier alpha value is 0.137. The Morgan fingerprint density at radius 1 is 1.18 bits per heavy atom. The molecule has 0 unspecified atom stereocenters. The fourth-order valence-electron chi connectivity index (χ4n) is 1.81. The smallest absolute Gasteiger partial charge is 0.134 e. The summed E-state index contributed by atoms with van der Waals surface area (Å²) in [4.78, 5) is 0. The maximum atomic E-state index is 5.20. The van der Waals surface area contributed by atoms with Crippen molar-refractivity contribution >= 4 is 9.52 Å². The fourth-order valence-corrected chi connectivity index (χ4v) is 3.78. The third-order valence-electron chi connectivity index (χ3n) is 2.53. The molecule has 0 amide bonds. The van der Waals surface area contributed by atoms with Crippen molar-refractivity contribution in [2.75, 3.05) is 14.2 Å². The summed E-state index contributed by atoms with van der Waals surface area (Å²) < 4.78 is 10.4. The molecule has 0 aromatic rings. The largest absolute Gasteiger partial charge is 0.360 e. The van der Waals surface area contributed by atoms with Crippen molar-refractivity contribution in [1.29, 1.82) is 0 Å². The molecule has 0 heterocycles. The van der Waals surface area contributed by atoms with E-state index < -0.39 is 0 Å². The molecule has 0 bridgehead atoms. The SMILES string of the molecule is COC(OC)[SiH2]C1CCCC1. The second kappa shape index (κ2) is 4.90. The van der Waals surface area contributed by atoms with Gasteiger partial charge in [0.15, 0.2) is 0 Å². The van der Waals surface area contributed by atoms with E-state index in [2.05, 4.69) is 0 Å². The molecular formula is C8H18O2Si. The lowest BCUT2D eigenvalue weighted by molar-refractivity contribution is -0.0448. The van der Waals surface area contributed by atoms with Crippen LogP contribution in [0.2, 0.25) is 5.54 Å². The molecule has 11 heavy (non-hydrogen) atoms. The first kappa shape index (κ1) is 9.23. The number of hydrogen-bond donors (Lipinski definition) is 0. The molecule has 3 heteroatoms. The van der Waals surface area contributed by atoms with Crippen molar-refractivity contribution in [3.05, 3.63) is 0 Å². The second-order valence-electron chi connectivity index (χ2n) is 3.29. The Balaban J connectivity index is 2.16. The molecule has 1 saturated carbocycles. The number of hydrogen-bond acceptors (Lipinski definition) is 2. The van der Waals surface area contributed by atoms with Crippen molar-refractivity contribution in [1.82, 2.24) is 0 Å². The van der Waals surface area contributed by atoms with Crippen molar-refractivity contribution in [3.8, 4) is 0 Å². The van der Waals surface area contributed by atoms with Crippen LogP contribution in [0, 0.1) is 0 Å². The molecule has 1 aliphatic carbocycles. The molecular weight excluding hydrogens is 156 g/mol. The monoisotopic (exact) mass is 174 g/mol. The third kappa shape index (κ3) is 2.93. The van der Waals surface area contributed by atoms with Crippen LogP contribution >= 0.6 is 0 Å². The lowest BCUT2D eigenvalue weighted by atomic mass is 10.4. The van der Waals surface area contributed by atoms with Gasteiger partial charge in [-0.25, -0.2) is 0 Å². The molecule has 0 N–H and O–H groups in total. The molecule has 1 aliphatic rings. The van der Waals surface area contributed by atoms with E-state index in [0.29, 0.717) is 0 Å². The first-order valence-electron chi connectivity index (χ1n) is 4.42. The van der Waals surface area contributed by atoms with E-state index >= 15 is 0 Å². The van der Waals surface area contributed by atoms with Gasteiger partial charge in [0.1, 0.15) is 5.91 Å². The van der Waals surface area contributed by atoms with Crippen LogP contribution in [0.1, 0.15) is 25.7 Å². The van der Waals surface area contributed by atoms with Crippen LogP contribution < -0.4 is 0 Å². The summed E-state index contributed by atoms with van der Waals surface area (Å²) >= 11 is 0. The summed E-state index contributed by atoms with van der Waals surface area (Å²) in [6.07, 6.45) is 5.71. The summed E-state index contributed by atoms with van der Waals surface area (Å²) in [6.45, 7) is 0. The summed E-state index contributed by atoms with van der Waals surface area (Å²) in [5, 5.41) is 0. The zero-order valence-corrected chi connectivity index (χ0v) is 8.92. The van der Waals surface area contributed by atoms with Crippen LogP contribution in [0.15, 0.2) is 0 Å². The van der Waals surface area contributed by atoms with Crippen LogP contribution in [-0.4, -0.2) is 29.7 Å².